The number of aromatic nitrogens is 3. The highest BCUT2D eigenvalue weighted by atomic mass is 32.1. The highest BCUT2D eigenvalue weighted by Crippen LogP contribution is 2.28. The Morgan fingerprint density at radius 2 is 1.73 bits per heavy atom. The molecule has 0 aliphatic carbocycles. The molecule has 0 amide bonds. The summed E-state index contributed by atoms with van der Waals surface area (Å²) in [4.78, 5) is 0. The van der Waals surface area contributed by atoms with Crippen LogP contribution in [0.25, 0.3) is 11.4 Å². The van der Waals surface area contributed by atoms with Gasteiger partial charge in [-0.1, -0.05) is 42.5 Å². The first-order valence-electron chi connectivity index (χ1n) is 11.0. The van der Waals surface area contributed by atoms with Crippen LogP contribution in [0.1, 0.15) is 24.5 Å². The zero-order valence-electron chi connectivity index (χ0n) is 18.5. The summed E-state index contributed by atoms with van der Waals surface area (Å²) in [5.74, 6) is 2.17. The largest absolute Gasteiger partial charge is 0.494 e. The Balaban J connectivity index is 1.40. The van der Waals surface area contributed by atoms with Crippen LogP contribution >= 0.6 is 12.2 Å². The van der Waals surface area contributed by atoms with Crippen molar-refractivity contribution in [2.24, 2.45) is 5.10 Å². The van der Waals surface area contributed by atoms with Gasteiger partial charge in [0.15, 0.2) is 5.82 Å². The maximum absolute atomic E-state index is 5.87. The SMILES string of the molecule is CCOc1ccccc1-c1n[nH]c(=S)n1/N=C\c1ccc(OCCCc2ccccc2)cc1. The lowest BCUT2D eigenvalue weighted by molar-refractivity contribution is 0.311. The quantitative estimate of drug-likeness (QED) is 0.183. The van der Waals surface area contributed by atoms with Crippen LogP contribution in [-0.4, -0.2) is 34.3 Å². The van der Waals surface area contributed by atoms with E-state index in [0.717, 1.165) is 35.5 Å². The molecule has 3 aromatic carbocycles. The van der Waals surface area contributed by atoms with Gasteiger partial charge in [-0.05, 0) is 79.5 Å². The molecule has 168 valence electrons. The van der Waals surface area contributed by atoms with Crippen molar-refractivity contribution >= 4 is 18.4 Å². The van der Waals surface area contributed by atoms with Crippen molar-refractivity contribution in [2.75, 3.05) is 13.2 Å². The molecule has 0 spiro atoms. The summed E-state index contributed by atoms with van der Waals surface area (Å²) in [5, 5.41) is 11.7. The summed E-state index contributed by atoms with van der Waals surface area (Å²) in [7, 11) is 0. The number of H-pyrrole nitrogens is 1. The fourth-order valence-electron chi connectivity index (χ4n) is 3.39. The molecule has 0 unspecified atom stereocenters. The number of rotatable bonds is 10. The number of benzene rings is 3. The first-order chi connectivity index (χ1) is 16.2. The zero-order valence-corrected chi connectivity index (χ0v) is 19.3. The third-order valence-corrected chi connectivity index (χ3v) is 5.27. The van der Waals surface area contributed by atoms with E-state index in [2.05, 4.69) is 39.6 Å². The number of nitrogens with one attached hydrogen (secondary N) is 1. The van der Waals surface area contributed by atoms with E-state index in [4.69, 9.17) is 21.7 Å². The van der Waals surface area contributed by atoms with E-state index in [1.54, 1.807) is 10.9 Å². The second kappa shape index (κ2) is 11.2. The number of para-hydroxylation sites is 1. The summed E-state index contributed by atoms with van der Waals surface area (Å²) in [5.41, 5.74) is 3.08. The minimum absolute atomic E-state index is 0.408. The summed E-state index contributed by atoms with van der Waals surface area (Å²) in [6.45, 7) is 3.18. The van der Waals surface area contributed by atoms with E-state index < -0.39 is 0 Å². The summed E-state index contributed by atoms with van der Waals surface area (Å²) in [6.07, 6.45) is 3.72. The lowest BCUT2D eigenvalue weighted by Gasteiger charge is -2.09. The van der Waals surface area contributed by atoms with Gasteiger partial charge >= 0.3 is 0 Å². The highest BCUT2D eigenvalue weighted by Gasteiger charge is 2.13. The van der Waals surface area contributed by atoms with E-state index >= 15 is 0 Å². The molecular formula is C26H26N4O2S. The van der Waals surface area contributed by atoms with Crippen LogP contribution in [0, 0.1) is 4.77 Å². The average Bonchev–Trinajstić information content (AvgIpc) is 3.22. The van der Waals surface area contributed by atoms with Gasteiger partial charge in [0.2, 0.25) is 4.77 Å². The zero-order chi connectivity index (χ0) is 22.9. The van der Waals surface area contributed by atoms with Crippen LogP contribution in [0.4, 0.5) is 0 Å². The molecule has 33 heavy (non-hydrogen) atoms. The van der Waals surface area contributed by atoms with Gasteiger partial charge in [0.1, 0.15) is 11.5 Å². The first kappa shape index (κ1) is 22.5. The maximum atomic E-state index is 5.87. The highest BCUT2D eigenvalue weighted by molar-refractivity contribution is 7.71. The van der Waals surface area contributed by atoms with Gasteiger partial charge in [-0.3, -0.25) is 0 Å². The Kier molecular flexibility index (Phi) is 7.66. The Bertz CT molecular complexity index is 1250. The van der Waals surface area contributed by atoms with Crippen molar-refractivity contribution in [3.05, 3.63) is 94.8 Å². The van der Waals surface area contributed by atoms with E-state index in [0.29, 0.717) is 23.8 Å². The second-order valence-corrected chi connectivity index (χ2v) is 7.73. The number of nitrogens with zero attached hydrogens (tertiary/aromatic N) is 3. The van der Waals surface area contributed by atoms with E-state index in [-0.39, 0.29) is 0 Å². The third kappa shape index (κ3) is 5.96. The summed E-state index contributed by atoms with van der Waals surface area (Å²) < 4.78 is 13.6. The van der Waals surface area contributed by atoms with Gasteiger partial charge in [0.05, 0.1) is 25.0 Å². The van der Waals surface area contributed by atoms with Gasteiger partial charge < -0.3 is 9.47 Å². The molecular weight excluding hydrogens is 432 g/mol. The second-order valence-electron chi connectivity index (χ2n) is 7.34. The standard InChI is InChI=1S/C26H26N4O2S/c1-2-31-24-13-7-6-12-23(24)25-28-29-26(33)30(25)27-19-21-14-16-22(17-15-21)32-18-8-11-20-9-4-3-5-10-20/h3-7,9-10,12-17,19H,2,8,11,18H2,1H3,(H,29,33)/b27-19-. The number of aryl methyl sites for hydroxylation is 1. The topological polar surface area (TPSA) is 64.4 Å². The Morgan fingerprint density at radius 3 is 2.52 bits per heavy atom. The van der Waals surface area contributed by atoms with E-state index in [9.17, 15) is 0 Å². The fraction of sp³-hybridized carbons (Fsp3) is 0.192. The number of hydrogen-bond donors (Lipinski definition) is 1. The average molecular weight is 459 g/mol. The smallest absolute Gasteiger partial charge is 0.216 e. The third-order valence-electron chi connectivity index (χ3n) is 5.00. The molecule has 7 heteroatoms. The van der Waals surface area contributed by atoms with Gasteiger partial charge in [-0.15, -0.1) is 0 Å². The summed E-state index contributed by atoms with van der Waals surface area (Å²) >= 11 is 5.38. The minimum Gasteiger partial charge on any atom is -0.494 e. The van der Waals surface area contributed by atoms with Crippen LogP contribution in [0.15, 0.2) is 84.0 Å². The molecule has 0 radical (unpaired) electrons. The molecule has 0 fully saturated rings. The first-order valence-corrected chi connectivity index (χ1v) is 11.4. The molecule has 4 rings (SSSR count). The van der Waals surface area contributed by atoms with Crippen molar-refractivity contribution in [3.63, 3.8) is 0 Å². The van der Waals surface area contributed by atoms with Crippen molar-refractivity contribution in [1.82, 2.24) is 14.9 Å². The van der Waals surface area contributed by atoms with Crippen LogP contribution in [0.2, 0.25) is 0 Å². The molecule has 6 nitrogen and oxygen atoms in total. The van der Waals surface area contributed by atoms with Crippen LogP contribution in [0.3, 0.4) is 0 Å². The molecule has 0 atom stereocenters. The molecule has 0 aliphatic rings. The minimum atomic E-state index is 0.408. The van der Waals surface area contributed by atoms with Gasteiger partial charge in [0, 0.05) is 0 Å². The number of aromatic amines is 1. The van der Waals surface area contributed by atoms with Gasteiger partial charge in [0.25, 0.3) is 0 Å². The van der Waals surface area contributed by atoms with E-state index in [1.807, 2.05) is 61.5 Å². The predicted octanol–water partition coefficient (Wildman–Crippen LogP) is 5.90. The van der Waals surface area contributed by atoms with Crippen molar-refractivity contribution < 1.29 is 9.47 Å². The molecule has 1 aromatic heterocycles. The van der Waals surface area contributed by atoms with Crippen molar-refractivity contribution in [1.29, 1.82) is 0 Å². The van der Waals surface area contributed by atoms with Crippen molar-refractivity contribution in [3.8, 4) is 22.9 Å². The molecule has 4 aromatic rings. The van der Waals surface area contributed by atoms with Gasteiger partial charge in [-0.25, -0.2) is 5.10 Å². The lowest BCUT2D eigenvalue weighted by Crippen LogP contribution is -2.00. The van der Waals surface area contributed by atoms with Crippen LogP contribution in [-0.2, 0) is 6.42 Å². The number of hydrogen-bond acceptors (Lipinski definition) is 5. The Labute approximate surface area is 198 Å². The summed E-state index contributed by atoms with van der Waals surface area (Å²) in [6, 6.07) is 26.0. The normalized spacial score (nSPS) is 11.1. The van der Waals surface area contributed by atoms with Crippen molar-refractivity contribution in [2.45, 2.75) is 19.8 Å². The molecule has 1 heterocycles. The Hall–Kier alpha value is -3.71. The molecule has 0 saturated carbocycles. The monoisotopic (exact) mass is 458 g/mol. The number of ether oxygens (including phenoxy) is 2. The molecule has 1 N–H and O–H groups in total. The molecule has 0 saturated heterocycles. The van der Waals surface area contributed by atoms with Crippen LogP contribution in [0.5, 0.6) is 11.5 Å². The predicted molar refractivity (Wildman–Crippen MR) is 134 cm³/mol. The van der Waals surface area contributed by atoms with E-state index in [1.165, 1.54) is 5.56 Å². The maximum Gasteiger partial charge on any atom is 0.216 e. The fourth-order valence-corrected chi connectivity index (χ4v) is 3.57. The molecule has 0 aliphatic heterocycles. The van der Waals surface area contributed by atoms with Gasteiger partial charge in [-0.2, -0.15) is 14.9 Å². The van der Waals surface area contributed by atoms with Crippen LogP contribution < -0.4 is 9.47 Å². The molecule has 0 bridgehead atoms. The lowest BCUT2D eigenvalue weighted by atomic mass is 10.1. The Morgan fingerprint density at radius 1 is 0.970 bits per heavy atom.